The zero-order valence-corrected chi connectivity index (χ0v) is 9.70. The molecule has 0 radical (unpaired) electrons. The van der Waals surface area contributed by atoms with Crippen molar-refractivity contribution in [2.24, 2.45) is 0 Å². The first kappa shape index (κ1) is 11.1. The highest BCUT2D eigenvalue weighted by molar-refractivity contribution is 14.1. The molecule has 14 heavy (non-hydrogen) atoms. The molecule has 0 aliphatic heterocycles. The number of hydrogen-bond donors (Lipinski definition) is 3. The number of phenols is 2. The number of amides is 1. The summed E-state index contributed by atoms with van der Waals surface area (Å²) in [6.07, 6.45) is 0. The molecule has 1 amide bonds. The van der Waals surface area contributed by atoms with Crippen LogP contribution in [0.25, 0.3) is 0 Å². The number of rotatable bonds is 2. The topological polar surface area (TPSA) is 69.6 Å². The Morgan fingerprint density at radius 2 is 2.00 bits per heavy atom. The average Bonchev–Trinajstić information content (AvgIpc) is 2.09. The summed E-state index contributed by atoms with van der Waals surface area (Å²) < 4.78 is 0.798. The lowest BCUT2D eigenvalue weighted by Crippen LogP contribution is -2.19. The molecule has 0 atom stereocenters. The molecule has 0 aliphatic carbocycles. The lowest BCUT2D eigenvalue weighted by Gasteiger charge is -2.07. The van der Waals surface area contributed by atoms with Crippen LogP contribution in [0.1, 0.15) is 12.5 Å². The molecule has 1 aromatic rings. The van der Waals surface area contributed by atoms with Crippen LogP contribution in [0.2, 0.25) is 0 Å². The Morgan fingerprint density at radius 1 is 1.43 bits per heavy atom. The minimum absolute atomic E-state index is 0.131. The highest BCUT2D eigenvalue weighted by atomic mass is 127. The SMILES string of the molecule is CC(=O)NCc1cc(O)c(O)cc1I. The van der Waals surface area contributed by atoms with Crippen molar-refractivity contribution >= 4 is 28.5 Å². The second kappa shape index (κ2) is 4.50. The summed E-state index contributed by atoms with van der Waals surface area (Å²) in [6.45, 7) is 1.77. The fraction of sp³-hybridized carbons (Fsp3) is 0.222. The van der Waals surface area contributed by atoms with E-state index in [0.29, 0.717) is 6.54 Å². The number of halogens is 1. The minimum atomic E-state index is -0.175. The van der Waals surface area contributed by atoms with Gasteiger partial charge in [0, 0.05) is 17.0 Å². The molecule has 0 fully saturated rings. The third-order valence-electron chi connectivity index (χ3n) is 1.67. The van der Waals surface area contributed by atoms with Crippen LogP contribution >= 0.6 is 22.6 Å². The van der Waals surface area contributed by atoms with E-state index in [9.17, 15) is 9.90 Å². The molecule has 0 unspecified atom stereocenters. The molecule has 1 aromatic carbocycles. The van der Waals surface area contributed by atoms with Gasteiger partial charge in [-0.3, -0.25) is 4.79 Å². The molecule has 4 nitrogen and oxygen atoms in total. The molecule has 1 rings (SSSR count). The third kappa shape index (κ3) is 2.76. The smallest absolute Gasteiger partial charge is 0.217 e. The van der Waals surface area contributed by atoms with Crippen molar-refractivity contribution < 1.29 is 15.0 Å². The van der Waals surface area contributed by atoms with Crippen molar-refractivity contribution in [2.75, 3.05) is 0 Å². The van der Waals surface area contributed by atoms with E-state index in [-0.39, 0.29) is 17.4 Å². The van der Waals surface area contributed by atoms with Crippen LogP contribution in [0.3, 0.4) is 0 Å². The highest BCUT2D eigenvalue weighted by Gasteiger charge is 2.06. The first-order chi connectivity index (χ1) is 6.50. The second-order valence-corrected chi connectivity index (χ2v) is 4.00. The van der Waals surface area contributed by atoms with Gasteiger partial charge in [0.2, 0.25) is 5.91 Å². The Bertz CT molecular complexity index is 365. The summed E-state index contributed by atoms with van der Waals surface area (Å²) in [4.78, 5) is 10.7. The zero-order chi connectivity index (χ0) is 10.7. The monoisotopic (exact) mass is 307 g/mol. The fourth-order valence-corrected chi connectivity index (χ4v) is 1.59. The predicted molar refractivity (Wildman–Crippen MR) is 60.0 cm³/mol. The maximum atomic E-state index is 10.7. The summed E-state index contributed by atoms with van der Waals surface area (Å²) in [6, 6.07) is 2.89. The van der Waals surface area contributed by atoms with Crippen LogP contribution in [0.4, 0.5) is 0 Å². The number of benzene rings is 1. The number of hydrogen-bond acceptors (Lipinski definition) is 3. The lowest BCUT2D eigenvalue weighted by molar-refractivity contribution is -0.119. The summed E-state index contributed by atoms with van der Waals surface area (Å²) in [5, 5.41) is 21.0. The van der Waals surface area contributed by atoms with Crippen molar-refractivity contribution in [2.45, 2.75) is 13.5 Å². The summed E-state index contributed by atoms with van der Waals surface area (Å²) in [5.41, 5.74) is 0.774. The molecule has 0 aliphatic rings. The molecule has 0 bridgehead atoms. The van der Waals surface area contributed by atoms with Crippen LogP contribution in [0.5, 0.6) is 11.5 Å². The van der Waals surface area contributed by atoms with Gasteiger partial charge in [-0.1, -0.05) is 0 Å². The molecule has 0 aromatic heterocycles. The van der Waals surface area contributed by atoms with Gasteiger partial charge in [0.05, 0.1) is 0 Å². The molecule has 0 heterocycles. The van der Waals surface area contributed by atoms with E-state index in [1.807, 2.05) is 22.6 Å². The van der Waals surface area contributed by atoms with Crippen LogP contribution in [0, 0.1) is 3.57 Å². The molecule has 0 saturated carbocycles. The van der Waals surface area contributed by atoms with E-state index in [4.69, 9.17) is 5.11 Å². The number of nitrogens with one attached hydrogen (secondary N) is 1. The summed E-state index contributed by atoms with van der Waals surface area (Å²) in [7, 11) is 0. The van der Waals surface area contributed by atoms with Crippen molar-refractivity contribution in [3.63, 3.8) is 0 Å². The van der Waals surface area contributed by atoms with Crippen molar-refractivity contribution in [3.8, 4) is 11.5 Å². The first-order valence-electron chi connectivity index (χ1n) is 3.95. The van der Waals surface area contributed by atoms with Gasteiger partial charge >= 0.3 is 0 Å². The minimum Gasteiger partial charge on any atom is -0.504 e. The first-order valence-corrected chi connectivity index (χ1v) is 5.03. The predicted octanol–water partition coefficient (Wildman–Crippen LogP) is 1.34. The van der Waals surface area contributed by atoms with E-state index in [2.05, 4.69) is 5.32 Å². The Labute approximate surface area is 95.1 Å². The maximum absolute atomic E-state index is 10.7. The molecule has 0 saturated heterocycles. The van der Waals surface area contributed by atoms with Gasteiger partial charge in [-0.05, 0) is 40.3 Å². The van der Waals surface area contributed by atoms with E-state index in [1.165, 1.54) is 19.1 Å². The Kier molecular flexibility index (Phi) is 3.56. The lowest BCUT2D eigenvalue weighted by atomic mass is 10.2. The van der Waals surface area contributed by atoms with Crippen LogP contribution in [0.15, 0.2) is 12.1 Å². The highest BCUT2D eigenvalue weighted by Crippen LogP contribution is 2.29. The van der Waals surface area contributed by atoms with Gasteiger partial charge in [-0.25, -0.2) is 0 Å². The van der Waals surface area contributed by atoms with Gasteiger partial charge in [-0.15, -0.1) is 0 Å². The van der Waals surface area contributed by atoms with Gasteiger partial charge in [0.1, 0.15) is 0 Å². The van der Waals surface area contributed by atoms with Crippen LogP contribution in [-0.2, 0) is 11.3 Å². The molecule has 0 spiro atoms. The Morgan fingerprint density at radius 3 is 2.57 bits per heavy atom. The van der Waals surface area contributed by atoms with Gasteiger partial charge in [-0.2, -0.15) is 0 Å². The third-order valence-corrected chi connectivity index (χ3v) is 2.68. The quantitative estimate of drug-likeness (QED) is 0.570. The Balaban J connectivity index is 2.87. The molecular weight excluding hydrogens is 297 g/mol. The van der Waals surface area contributed by atoms with Gasteiger partial charge < -0.3 is 15.5 Å². The molecule has 3 N–H and O–H groups in total. The number of carbonyl (C=O) groups is 1. The van der Waals surface area contributed by atoms with Crippen molar-refractivity contribution in [3.05, 3.63) is 21.3 Å². The second-order valence-electron chi connectivity index (χ2n) is 2.84. The van der Waals surface area contributed by atoms with Gasteiger partial charge in [0.25, 0.3) is 0 Å². The number of carbonyl (C=O) groups excluding carboxylic acids is 1. The van der Waals surface area contributed by atoms with Crippen molar-refractivity contribution in [1.29, 1.82) is 0 Å². The van der Waals surface area contributed by atoms with E-state index >= 15 is 0 Å². The molecular formula is C9H10INO3. The zero-order valence-electron chi connectivity index (χ0n) is 7.54. The average molecular weight is 307 g/mol. The van der Waals surface area contributed by atoms with Crippen LogP contribution < -0.4 is 5.32 Å². The fourth-order valence-electron chi connectivity index (χ4n) is 0.950. The molecule has 76 valence electrons. The van der Waals surface area contributed by atoms with Crippen LogP contribution in [-0.4, -0.2) is 16.1 Å². The standard InChI is InChI=1S/C9H10INO3/c1-5(12)11-4-6-2-8(13)9(14)3-7(6)10/h2-3,13-14H,4H2,1H3,(H,11,12). The largest absolute Gasteiger partial charge is 0.504 e. The van der Waals surface area contributed by atoms with E-state index in [1.54, 1.807) is 0 Å². The van der Waals surface area contributed by atoms with E-state index < -0.39 is 0 Å². The van der Waals surface area contributed by atoms with Gasteiger partial charge in [0.15, 0.2) is 11.5 Å². The number of aromatic hydroxyl groups is 2. The normalized spacial score (nSPS) is 9.86. The van der Waals surface area contributed by atoms with E-state index in [0.717, 1.165) is 9.13 Å². The maximum Gasteiger partial charge on any atom is 0.217 e. The Hall–Kier alpha value is -0.980. The number of phenolic OH excluding ortho intramolecular Hbond substituents is 2. The summed E-state index contributed by atoms with van der Waals surface area (Å²) in [5.74, 6) is -0.458. The van der Waals surface area contributed by atoms with Crippen molar-refractivity contribution in [1.82, 2.24) is 5.32 Å². The molecule has 5 heteroatoms. The summed E-state index contributed by atoms with van der Waals surface area (Å²) >= 11 is 2.03.